The number of nitrogens with one attached hydrogen (secondary N) is 2. The summed E-state index contributed by atoms with van der Waals surface area (Å²) >= 11 is 0. The molecule has 2 saturated heterocycles. The molecule has 2 aliphatic heterocycles. The molecule has 1 aromatic carbocycles. The topological polar surface area (TPSA) is 131 Å². The van der Waals surface area contributed by atoms with Crippen molar-refractivity contribution in [3.8, 4) is 11.3 Å². The van der Waals surface area contributed by atoms with Crippen molar-refractivity contribution in [1.82, 2.24) is 29.8 Å². The number of nitrogens with zero attached hydrogens (tertiary/aromatic N) is 5. The van der Waals surface area contributed by atoms with Gasteiger partial charge in [-0.15, -0.1) is 0 Å². The van der Waals surface area contributed by atoms with Crippen molar-refractivity contribution in [3.05, 3.63) is 77.8 Å². The number of amides is 2. The van der Waals surface area contributed by atoms with Gasteiger partial charge in [-0.05, 0) is 88.0 Å². The molecule has 0 spiro atoms. The molecule has 5 heterocycles. The maximum atomic E-state index is 14.4. The Morgan fingerprint density at radius 1 is 1.05 bits per heavy atom. The average Bonchev–Trinajstić information content (AvgIpc) is 3.45. The minimum absolute atomic E-state index is 0.164. The van der Waals surface area contributed by atoms with Crippen LogP contribution in [0, 0.1) is 5.82 Å². The number of aromatic nitrogens is 4. The maximum Gasteiger partial charge on any atom is 0.249 e. The highest BCUT2D eigenvalue weighted by Gasteiger charge is 2.27. The zero-order valence-corrected chi connectivity index (χ0v) is 24.1. The Kier molecular flexibility index (Phi) is 8.71. The smallest absolute Gasteiger partial charge is 0.249 e. The first-order valence-corrected chi connectivity index (χ1v) is 15.1. The molecular formula is C32H37FN8O2. The van der Waals surface area contributed by atoms with Gasteiger partial charge in [0.05, 0.1) is 23.1 Å². The number of anilines is 1. The molecule has 0 radical (unpaired) electrons. The van der Waals surface area contributed by atoms with Crippen LogP contribution in [0.4, 0.5) is 10.1 Å². The molecule has 1 atom stereocenters. The lowest BCUT2D eigenvalue weighted by molar-refractivity contribution is -0.133. The second-order valence-electron chi connectivity index (χ2n) is 11.5. The molecule has 2 amide bonds. The van der Waals surface area contributed by atoms with Crippen LogP contribution in [0.25, 0.3) is 16.8 Å². The number of nitrogens with two attached hydrogens (primary N) is 1. The summed E-state index contributed by atoms with van der Waals surface area (Å²) in [4.78, 5) is 35.0. The zero-order chi connectivity index (χ0) is 29.8. The number of likely N-dealkylation sites (tertiary alicyclic amines) is 1. The van der Waals surface area contributed by atoms with E-state index in [0.29, 0.717) is 35.6 Å². The normalized spacial score (nSPS) is 18.2. The summed E-state index contributed by atoms with van der Waals surface area (Å²) in [5.74, 6) is -0.375. The fourth-order valence-electron chi connectivity index (χ4n) is 6.08. The molecule has 2 aliphatic rings. The van der Waals surface area contributed by atoms with Crippen LogP contribution in [-0.2, 0) is 22.6 Å². The van der Waals surface area contributed by atoms with Crippen LogP contribution in [0.2, 0.25) is 0 Å². The Morgan fingerprint density at radius 3 is 2.65 bits per heavy atom. The van der Waals surface area contributed by atoms with Gasteiger partial charge in [-0.25, -0.2) is 13.9 Å². The lowest BCUT2D eigenvalue weighted by Crippen LogP contribution is -2.47. The molecule has 0 bridgehead atoms. The number of pyridine rings is 1. The Bertz CT molecular complexity index is 1600. The van der Waals surface area contributed by atoms with Gasteiger partial charge in [-0.2, -0.15) is 5.10 Å². The van der Waals surface area contributed by atoms with E-state index in [1.54, 1.807) is 12.3 Å². The number of hydrogen-bond acceptors (Lipinski definition) is 8. The van der Waals surface area contributed by atoms with Crippen molar-refractivity contribution in [2.75, 3.05) is 25.0 Å². The lowest BCUT2D eigenvalue weighted by atomic mass is 9.93. The van der Waals surface area contributed by atoms with E-state index in [4.69, 9.17) is 5.73 Å². The summed E-state index contributed by atoms with van der Waals surface area (Å²) in [6.45, 7) is 3.34. The number of hydrogen-bond donors (Lipinski definition) is 3. The second kappa shape index (κ2) is 13.0. The van der Waals surface area contributed by atoms with Crippen molar-refractivity contribution in [1.29, 1.82) is 0 Å². The zero-order valence-electron chi connectivity index (χ0n) is 24.1. The van der Waals surface area contributed by atoms with Crippen molar-refractivity contribution >= 4 is 23.0 Å². The number of carbonyl (C=O) groups excluding carboxylic acids is 2. The minimum Gasteiger partial charge on any atom is -0.372 e. The van der Waals surface area contributed by atoms with Crippen LogP contribution in [-0.4, -0.2) is 62.0 Å². The van der Waals surface area contributed by atoms with Gasteiger partial charge in [0.25, 0.3) is 0 Å². The first-order chi connectivity index (χ1) is 21.0. The summed E-state index contributed by atoms with van der Waals surface area (Å²) in [7, 11) is 0. The van der Waals surface area contributed by atoms with Crippen molar-refractivity contribution in [3.63, 3.8) is 0 Å². The van der Waals surface area contributed by atoms with Crippen LogP contribution in [0.5, 0.6) is 0 Å². The molecule has 4 aromatic rings. The molecule has 4 N–H and O–H groups in total. The monoisotopic (exact) mass is 584 g/mol. The molecule has 43 heavy (non-hydrogen) atoms. The van der Waals surface area contributed by atoms with Crippen molar-refractivity contribution in [2.45, 2.75) is 63.5 Å². The van der Waals surface area contributed by atoms with E-state index in [9.17, 15) is 14.0 Å². The van der Waals surface area contributed by atoms with Crippen LogP contribution >= 0.6 is 0 Å². The van der Waals surface area contributed by atoms with Gasteiger partial charge in [-0.3, -0.25) is 19.9 Å². The van der Waals surface area contributed by atoms with E-state index < -0.39 is 6.04 Å². The molecule has 0 saturated carbocycles. The van der Waals surface area contributed by atoms with Gasteiger partial charge in [0.1, 0.15) is 18.2 Å². The first kappa shape index (κ1) is 28.9. The summed E-state index contributed by atoms with van der Waals surface area (Å²) in [6, 6.07) is 10.8. The Labute approximate surface area is 249 Å². The van der Waals surface area contributed by atoms with E-state index in [-0.39, 0.29) is 24.2 Å². The van der Waals surface area contributed by atoms with Gasteiger partial charge in [0.2, 0.25) is 11.8 Å². The summed E-state index contributed by atoms with van der Waals surface area (Å²) in [5.41, 5.74) is 11.5. The van der Waals surface area contributed by atoms with Crippen LogP contribution in [0.3, 0.4) is 0 Å². The molecule has 224 valence electrons. The Hall–Kier alpha value is -4.22. The standard InChI is InChI=1S/C32H37FN8O2/c33-26-16-23(4-5-24(26)17-34)31-29-15-21(19-41(29)37-20-36-31)3-1-2-12-40-13-10-22(11-14-40)27-7-6-25(18-35-27)38-28-8-9-30(42)39-32(28)43/h4-7,15-16,18-20,22,28,38H,1-3,8-14,17,34H2,(H,39,42,43). The Morgan fingerprint density at radius 2 is 1.91 bits per heavy atom. The highest BCUT2D eigenvalue weighted by atomic mass is 19.1. The number of carbonyl (C=O) groups is 2. The fraction of sp³-hybridized carbons (Fsp3) is 0.406. The van der Waals surface area contributed by atoms with Crippen LogP contribution in [0.15, 0.2) is 55.1 Å². The van der Waals surface area contributed by atoms with E-state index in [2.05, 4.69) is 42.7 Å². The number of unbranched alkanes of at least 4 members (excludes halogenated alkanes) is 1. The number of benzene rings is 1. The van der Waals surface area contributed by atoms with Gasteiger partial charge in [0, 0.05) is 41.9 Å². The van der Waals surface area contributed by atoms with E-state index in [1.165, 1.54) is 18.0 Å². The number of rotatable bonds is 10. The summed E-state index contributed by atoms with van der Waals surface area (Å²) in [6.07, 6.45) is 11.5. The predicted molar refractivity (Wildman–Crippen MR) is 162 cm³/mol. The molecule has 11 heteroatoms. The number of imide groups is 1. The number of halogens is 1. The fourth-order valence-corrected chi connectivity index (χ4v) is 6.08. The molecule has 6 rings (SSSR count). The maximum absolute atomic E-state index is 14.4. The van der Waals surface area contributed by atoms with Crippen LogP contribution < -0.4 is 16.4 Å². The third-order valence-corrected chi connectivity index (χ3v) is 8.57. The predicted octanol–water partition coefficient (Wildman–Crippen LogP) is 3.81. The van der Waals surface area contributed by atoms with Gasteiger partial charge in [0.15, 0.2) is 0 Å². The van der Waals surface area contributed by atoms with Crippen molar-refractivity contribution < 1.29 is 14.0 Å². The molecule has 1 unspecified atom stereocenters. The third-order valence-electron chi connectivity index (χ3n) is 8.57. The van der Waals surface area contributed by atoms with Gasteiger partial charge >= 0.3 is 0 Å². The minimum atomic E-state index is -0.401. The van der Waals surface area contributed by atoms with Gasteiger partial charge in [-0.1, -0.05) is 12.1 Å². The average molecular weight is 585 g/mol. The van der Waals surface area contributed by atoms with Crippen molar-refractivity contribution in [2.24, 2.45) is 5.73 Å². The highest BCUT2D eigenvalue weighted by molar-refractivity contribution is 6.01. The molecule has 0 aliphatic carbocycles. The highest BCUT2D eigenvalue weighted by Crippen LogP contribution is 2.28. The number of aryl methyl sites for hydroxylation is 1. The number of fused-ring (bicyclic) bond motifs is 1. The summed E-state index contributed by atoms with van der Waals surface area (Å²) < 4.78 is 16.2. The second-order valence-corrected chi connectivity index (χ2v) is 11.5. The van der Waals surface area contributed by atoms with Crippen LogP contribution in [0.1, 0.15) is 61.3 Å². The largest absolute Gasteiger partial charge is 0.372 e. The molecule has 3 aromatic heterocycles. The SMILES string of the molecule is NCc1ccc(-c2ncnn3cc(CCCCN4CCC(c5ccc(NC6CCC(=O)NC6=O)cn5)CC4)cc23)cc1F. The van der Waals surface area contributed by atoms with E-state index in [0.717, 1.165) is 68.6 Å². The first-order valence-electron chi connectivity index (χ1n) is 15.1. The Balaban J connectivity index is 0.954. The van der Waals surface area contributed by atoms with E-state index >= 15 is 0 Å². The third kappa shape index (κ3) is 6.73. The molecular weight excluding hydrogens is 547 g/mol. The van der Waals surface area contributed by atoms with E-state index in [1.807, 2.05) is 22.8 Å². The molecule has 10 nitrogen and oxygen atoms in total. The quantitative estimate of drug-likeness (QED) is 0.190. The number of piperidine rings is 2. The summed E-state index contributed by atoms with van der Waals surface area (Å²) in [5, 5.41) is 9.93. The lowest BCUT2D eigenvalue weighted by Gasteiger charge is -2.31. The van der Waals surface area contributed by atoms with Gasteiger partial charge < -0.3 is 16.0 Å². The molecule has 2 fully saturated rings.